The Labute approximate surface area is 92.8 Å². The van der Waals surface area contributed by atoms with Gasteiger partial charge in [-0.15, -0.1) is 0 Å². The molecule has 0 atom stereocenters. The maximum atomic E-state index is 11.7. The Morgan fingerprint density at radius 2 is 2.07 bits per heavy atom. The molecule has 0 aliphatic carbocycles. The highest BCUT2D eigenvalue weighted by atomic mass is 16.5. The molecule has 0 saturated heterocycles. The van der Waals surface area contributed by atoms with E-state index in [0.29, 0.717) is 6.54 Å². The summed E-state index contributed by atoms with van der Waals surface area (Å²) in [5, 5.41) is 0. The van der Waals surface area contributed by atoms with Crippen molar-refractivity contribution in [3.8, 4) is 0 Å². The summed E-state index contributed by atoms with van der Waals surface area (Å²) in [5.74, 6) is 0.0685. The van der Waals surface area contributed by atoms with Crippen molar-refractivity contribution in [1.29, 1.82) is 0 Å². The molecule has 4 nitrogen and oxygen atoms in total. The lowest BCUT2D eigenvalue weighted by Gasteiger charge is -2.22. The van der Waals surface area contributed by atoms with Crippen molar-refractivity contribution in [3.63, 3.8) is 0 Å². The van der Waals surface area contributed by atoms with Crippen molar-refractivity contribution in [2.75, 3.05) is 26.2 Å². The predicted molar refractivity (Wildman–Crippen MR) is 61.6 cm³/mol. The minimum atomic E-state index is 0.0685. The van der Waals surface area contributed by atoms with E-state index in [9.17, 15) is 4.79 Å². The van der Waals surface area contributed by atoms with Gasteiger partial charge in [0, 0.05) is 13.1 Å². The molecule has 4 heteroatoms. The van der Waals surface area contributed by atoms with Crippen LogP contribution in [0.2, 0.25) is 0 Å². The fourth-order valence-electron chi connectivity index (χ4n) is 1.24. The highest BCUT2D eigenvalue weighted by molar-refractivity contribution is 5.77. The fourth-order valence-corrected chi connectivity index (χ4v) is 1.24. The Kier molecular flexibility index (Phi) is 8.33. The van der Waals surface area contributed by atoms with Crippen LogP contribution in [0.15, 0.2) is 0 Å². The van der Waals surface area contributed by atoms with Crippen LogP contribution < -0.4 is 5.73 Å². The van der Waals surface area contributed by atoms with Crippen molar-refractivity contribution in [2.24, 2.45) is 5.73 Å². The summed E-state index contributed by atoms with van der Waals surface area (Å²) in [5.41, 5.74) is 5.43. The van der Waals surface area contributed by atoms with Gasteiger partial charge in [0.05, 0.1) is 6.10 Å². The number of carbonyl (C=O) groups is 1. The summed E-state index contributed by atoms with van der Waals surface area (Å²) in [6, 6.07) is 0. The molecule has 0 aromatic rings. The van der Waals surface area contributed by atoms with Crippen LogP contribution >= 0.6 is 0 Å². The van der Waals surface area contributed by atoms with Gasteiger partial charge in [0.15, 0.2) is 0 Å². The van der Waals surface area contributed by atoms with Crippen LogP contribution in [-0.4, -0.2) is 43.2 Å². The normalized spacial score (nSPS) is 10.7. The molecule has 0 aliphatic rings. The summed E-state index contributed by atoms with van der Waals surface area (Å²) in [6.45, 7) is 8.26. The van der Waals surface area contributed by atoms with E-state index in [4.69, 9.17) is 10.5 Å². The van der Waals surface area contributed by atoms with Gasteiger partial charge in [0.2, 0.25) is 5.91 Å². The molecule has 0 heterocycles. The largest absolute Gasteiger partial charge is 0.369 e. The zero-order chi connectivity index (χ0) is 11.7. The van der Waals surface area contributed by atoms with Crippen LogP contribution in [0.3, 0.4) is 0 Å². The first kappa shape index (κ1) is 14.4. The van der Waals surface area contributed by atoms with E-state index in [-0.39, 0.29) is 18.6 Å². The molecule has 0 unspecified atom stereocenters. The molecular formula is C11H24N2O2. The Balaban J connectivity index is 3.92. The molecule has 0 bridgehead atoms. The molecule has 0 rings (SSSR count). The van der Waals surface area contributed by atoms with Crippen molar-refractivity contribution >= 4 is 5.91 Å². The number of rotatable bonds is 8. The lowest BCUT2D eigenvalue weighted by atomic mass is 10.3. The average Bonchev–Trinajstić information content (AvgIpc) is 2.20. The summed E-state index contributed by atoms with van der Waals surface area (Å²) < 4.78 is 5.29. The quantitative estimate of drug-likeness (QED) is 0.658. The minimum Gasteiger partial charge on any atom is -0.369 e. The third-order valence-electron chi connectivity index (χ3n) is 2.02. The molecule has 0 saturated carbocycles. The second kappa shape index (κ2) is 8.68. The molecule has 90 valence electrons. The Morgan fingerprint density at radius 3 is 2.53 bits per heavy atom. The molecule has 15 heavy (non-hydrogen) atoms. The monoisotopic (exact) mass is 216 g/mol. The second-order valence-electron chi connectivity index (χ2n) is 3.88. The van der Waals surface area contributed by atoms with Gasteiger partial charge < -0.3 is 15.4 Å². The van der Waals surface area contributed by atoms with Crippen LogP contribution in [0, 0.1) is 0 Å². The smallest absolute Gasteiger partial charge is 0.248 e. The standard InChI is InChI=1S/C11H24N2O2/c1-4-7-13(8-5-6-12)11(14)9-15-10(2)3/h10H,4-9,12H2,1-3H3. The molecule has 1 amide bonds. The Bertz CT molecular complexity index is 172. The predicted octanol–water partition coefficient (Wildman–Crippen LogP) is 0.999. The van der Waals surface area contributed by atoms with E-state index in [1.807, 2.05) is 18.7 Å². The van der Waals surface area contributed by atoms with Crippen molar-refractivity contribution in [1.82, 2.24) is 4.90 Å². The first-order valence-electron chi connectivity index (χ1n) is 5.71. The average molecular weight is 216 g/mol. The zero-order valence-electron chi connectivity index (χ0n) is 10.2. The van der Waals surface area contributed by atoms with E-state index in [1.165, 1.54) is 0 Å². The van der Waals surface area contributed by atoms with Crippen LogP contribution in [0.5, 0.6) is 0 Å². The molecule has 0 aliphatic heterocycles. The number of ether oxygens (including phenoxy) is 1. The van der Waals surface area contributed by atoms with Crippen LogP contribution in [0.25, 0.3) is 0 Å². The van der Waals surface area contributed by atoms with E-state index in [2.05, 4.69) is 6.92 Å². The van der Waals surface area contributed by atoms with Crippen LogP contribution in [0.4, 0.5) is 0 Å². The third kappa shape index (κ3) is 7.33. The lowest BCUT2D eigenvalue weighted by molar-refractivity contribution is -0.137. The second-order valence-corrected chi connectivity index (χ2v) is 3.88. The van der Waals surface area contributed by atoms with E-state index in [1.54, 1.807) is 0 Å². The van der Waals surface area contributed by atoms with E-state index in [0.717, 1.165) is 25.9 Å². The third-order valence-corrected chi connectivity index (χ3v) is 2.02. The van der Waals surface area contributed by atoms with Crippen molar-refractivity contribution in [2.45, 2.75) is 39.7 Å². The minimum absolute atomic E-state index is 0.0685. The van der Waals surface area contributed by atoms with Crippen LogP contribution in [0.1, 0.15) is 33.6 Å². The van der Waals surface area contributed by atoms with Gasteiger partial charge in [0.25, 0.3) is 0 Å². The van der Waals surface area contributed by atoms with Crippen molar-refractivity contribution in [3.05, 3.63) is 0 Å². The number of hydrogen-bond donors (Lipinski definition) is 1. The highest BCUT2D eigenvalue weighted by Crippen LogP contribution is 1.97. The highest BCUT2D eigenvalue weighted by Gasteiger charge is 2.12. The molecule has 0 aromatic carbocycles. The first-order valence-corrected chi connectivity index (χ1v) is 5.71. The number of carbonyl (C=O) groups excluding carboxylic acids is 1. The summed E-state index contributed by atoms with van der Waals surface area (Å²) in [6.07, 6.45) is 1.93. The van der Waals surface area contributed by atoms with Gasteiger partial charge in [-0.1, -0.05) is 6.92 Å². The fraction of sp³-hybridized carbons (Fsp3) is 0.909. The number of nitrogens with zero attached hydrogens (tertiary/aromatic N) is 1. The topological polar surface area (TPSA) is 55.6 Å². The van der Waals surface area contributed by atoms with Crippen LogP contribution in [-0.2, 0) is 9.53 Å². The lowest BCUT2D eigenvalue weighted by Crippen LogP contribution is -2.36. The summed E-state index contributed by atoms with van der Waals surface area (Å²) in [4.78, 5) is 13.5. The van der Waals surface area contributed by atoms with Gasteiger partial charge >= 0.3 is 0 Å². The number of amides is 1. The van der Waals surface area contributed by atoms with Gasteiger partial charge in [-0.05, 0) is 33.2 Å². The SMILES string of the molecule is CCCN(CCCN)C(=O)COC(C)C. The van der Waals surface area contributed by atoms with Crippen molar-refractivity contribution < 1.29 is 9.53 Å². The van der Waals surface area contributed by atoms with Gasteiger partial charge in [0.1, 0.15) is 6.61 Å². The number of nitrogens with two attached hydrogens (primary N) is 1. The van der Waals surface area contributed by atoms with Gasteiger partial charge in [-0.2, -0.15) is 0 Å². The van der Waals surface area contributed by atoms with E-state index >= 15 is 0 Å². The molecule has 2 N–H and O–H groups in total. The van der Waals surface area contributed by atoms with Gasteiger partial charge in [-0.3, -0.25) is 4.79 Å². The number of hydrogen-bond acceptors (Lipinski definition) is 3. The molecule has 0 aromatic heterocycles. The molecule has 0 fully saturated rings. The van der Waals surface area contributed by atoms with E-state index < -0.39 is 0 Å². The van der Waals surface area contributed by atoms with Gasteiger partial charge in [-0.25, -0.2) is 0 Å². The summed E-state index contributed by atoms with van der Waals surface area (Å²) in [7, 11) is 0. The molecule has 0 spiro atoms. The first-order chi connectivity index (χ1) is 7.11. The Hall–Kier alpha value is -0.610. The maximum absolute atomic E-state index is 11.7. The Morgan fingerprint density at radius 1 is 1.40 bits per heavy atom. The zero-order valence-corrected chi connectivity index (χ0v) is 10.2. The maximum Gasteiger partial charge on any atom is 0.248 e. The molecule has 0 radical (unpaired) electrons. The molecular weight excluding hydrogens is 192 g/mol. The summed E-state index contributed by atoms with van der Waals surface area (Å²) >= 11 is 0.